The molecule has 0 spiro atoms. The number of hydrogen-bond donors (Lipinski definition) is 1. The molecule has 0 aromatic heterocycles. The summed E-state index contributed by atoms with van der Waals surface area (Å²) in [4.78, 5) is 5.02. The van der Waals surface area contributed by atoms with Crippen molar-refractivity contribution in [2.24, 2.45) is 5.73 Å². The molecule has 2 N–H and O–H groups in total. The van der Waals surface area contributed by atoms with Crippen LogP contribution in [0.15, 0.2) is 30.3 Å². The van der Waals surface area contributed by atoms with Crippen LogP contribution in [0.3, 0.4) is 0 Å². The van der Waals surface area contributed by atoms with Crippen molar-refractivity contribution in [2.45, 2.75) is 31.8 Å². The van der Waals surface area contributed by atoms with Crippen LogP contribution >= 0.6 is 0 Å². The normalized spacial score (nSPS) is 23.4. The summed E-state index contributed by atoms with van der Waals surface area (Å²) in [7, 11) is 2.19. The summed E-state index contributed by atoms with van der Waals surface area (Å²) in [6, 6.07) is 11.9. The molecule has 3 heteroatoms. The second kappa shape index (κ2) is 7.04. The van der Waals surface area contributed by atoms with Gasteiger partial charge in [0.1, 0.15) is 0 Å². The highest BCUT2D eigenvalue weighted by molar-refractivity contribution is 5.16. The van der Waals surface area contributed by atoms with Crippen molar-refractivity contribution in [1.29, 1.82) is 0 Å². The zero-order valence-corrected chi connectivity index (χ0v) is 12.3. The van der Waals surface area contributed by atoms with Crippen LogP contribution in [-0.4, -0.2) is 55.1 Å². The number of hydrogen-bond acceptors (Lipinski definition) is 3. The Morgan fingerprint density at radius 3 is 2.63 bits per heavy atom. The van der Waals surface area contributed by atoms with E-state index < -0.39 is 0 Å². The lowest BCUT2D eigenvalue weighted by Gasteiger charge is -2.44. The van der Waals surface area contributed by atoms with Crippen LogP contribution in [0.2, 0.25) is 0 Å². The van der Waals surface area contributed by atoms with Gasteiger partial charge in [-0.1, -0.05) is 37.3 Å². The number of likely N-dealkylation sites (N-methyl/N-ethyl adjacent to an activating group) is 1. The van der Waals surface area contributed by atoms with E-state index >= 15 is 0 Å². The van der Waals surface area contributed by atoms with Gasteiger partial charge in [-0.15, -0.1) is 0 Å². The van der Waals surface area contributed by atoms with Gasteiger partial charge in [0.25, 0.3) is 0 Å². The first-order valence-corrected chi connectivity index (χ1v) is 7.42. The molecule has 2 atom stereocenters. The van der Waals surface area contributed by atoms with Gasteiger partial charge in [0, 0.05) is 38.3 Å². The van der Waals surface area contributed by atoms with Crippen molar-refractivity contribution in [3.63, 3.8) is 0 Å². The Morgan fingerprint density at radius 1 is 1.26 bits per heavy atom. The van der Waals surface area contributed by atoms with Crippen LogP contribution < -0.4 is 5.73 Å². The molecule has 3 nitrogen and oxygen atoms in total. The summed E-state index contributed by atoms with van der Waals surface area (Å²) < 4.78 is 0. The van der Waals surface area contributed by atoms with Gasteiger partial charge in [-0.05, 0) is 25.5 Å². The van der Waals surface area contributed by atoms with Crippen molar-refractivity contribution in [3.05, 3.63) is 35.9 Å². The van der Waals surface area contributed by atoms with Crippen molar-refractivity contribution < 1.29 is 0 Å². The van der Waals surface area contributed by atoms with E-state index in [1.54, 1.807) is 0 Å². The highest BCUT2D eigenvalue weighted by Crippen LogP contribution is 2.18. The van der Waals surface area contributed by atoms with Crippen LogP contribution in [0, 0.1) is 0 Å². The Kier molecular flexibility index (Phi) is 5.37. The van der Waals surface area contributed by atoms with Gasteiger partial charge in [0.15, 0.2) is 0 Å². The molecule has 0 bridgehead atoms. The molecule has 1 aliphatic rings. The van der Waals surface area contributed by atoms with Gasteiger partial charge in [0.05, 0.1) is 0 Å². The predicted molar refractivity (Wildman–Crippen MR) is 81.3 cm³/mol. The van der Waals surface area contributed by atoms with E-state index in [0.717, 1.165) is 32.6 Å². The average Bonchev–Trinajstić information content (AvgIpc) is 2.46. The van der Waals surface area contributed by atoms with Crippen molar-refractivity contribution in [1.82, 2.24) is 9.80 Å². The molecule has 2 rings (SSSR count). The third kappa shape index (κ3) is 3.78. The van der Waals surface area contributed by atoms with E-state index in [9.17, 15) is 0 Å². The molecule has 1 aromatic carbocycles. The molecule has 0 radical (unpaired) electrons. The second-order valence-electron chi connectivity index (χ2n) is 5.64. The topological polar surface area (TPSA) is 32.5 Å². The minimum absolute atomic E-state index is 0.507. The molecule has 1 saturated heterocycles. The SMILES string of the molecule is CCC(Cc1ccccc1)N1CCN(C)CC1CN. The van der Waals surface area contributed by atoms with Crippen LogP contribution in [-0.2, 0) is 6.42 Å². The van der Waals surface area contributed by atoms with Gasteiger partial charge >= 0.3 is 0 Å². The molecule has 19 heavy (non-hydrogen) atoms. The second-order valence-corrected chi connectivity index (χ2v) is 5.64. The first kappa shape index (κ1) is 14.5. The summed E-state index contributed by atoms with van der Waals surface area (Å²) in [5.74, 6) is 0. The maximum absolute atomic E-state index is 5.97. The fourth-order valence-corrected chi connectivity index (χ4v) is 3.10. The Bertz CT molecular complexity index is 366. The van der Waals surface area contributed by atoms with Crippen molar-refractivity contribution >= 4 is 0 Å². The first-order valence-electron chi connectivity index (χ1n) is 7.42. The summed E-state index contributed by atoms with van der Waals surface area (Å²) in [6.07, 6.45) is 2.33. The van der Waals surface area contributed by atoms with Gasteiger partial charge in [-0.3, -0.25) is 4.90 Å². The lowest BCUT2D eigenvalue weighted by molar-refractivity contribution is 0.0543. The molecular formula is C16H27N3. The highest BCUT2D eigenvalue weighted by Gasteiger charge is 2.29. The van der Waals surface area contributed by atoms with Crippen LogP contribution in [0.25, 0.3) is 0 Å². The first-order chi connectivity index (χ1) is 9.24. The molecule has 1 aliphatic heterocycles. The van der Waals surface area contributed by atoms with Gasteiger partial charge < -0.3 is 10.6 Å². The monoisotopic (exact) mass is 261 g/mol. The van der Waals surface area contributed by atoms with Crippen molar-refractivity contribution in [2.75, 3.05) is 33.2 Å². The Morgan fingerprint density at radius 2 is 2.00 bits per heavy atom. The largest absolute Gasteiger partial charge is 0.329 e. The fraction of sp³-hybridized carbons (Fsp3) is 0.625. The van der Waals surface area contributed by atoms with E-state index in [4.69, 9.17) is 5.73 Å². The average molecular weight is 261 g/mol. The van der Waals surface area contributed by atoms with Crippen LogP contribution in [0.1, 0.15) is 18.9 Å². The maximum Gasteiger partial charge on any atom is 0.0349 e. The Balaban J connectivity index is 2.04. The van der Waals surface area contributed by atoms with E-state index in [-0.39, 0.29) is 0 Å². The molecule has 0 amide bonds. The zero-order valence-electron chi connectivity index (χ0n) is 12.3. The number of nitrogens with two attached hydrogens (primary N) is 1. The maximum atomic E-state index is 5.97. The molecule has 0 saturated carbocycles. The molecule has 2 unspecified atom stereocenters. The molecule has 106 valence electrons. The summed E-state index contributed by atoms with van der Waals surface area (Å²) in [5, 5.41) is 0. The number of piperazine rings is 1. The van der Waals surface area contributed by atoms with E-state index in [1.807, 2.05) is 0 Å². The Hall–Kier alpha value is -0.900. The summed E-state index contributed by atoms with van der Waals surface area (Å²) in [6.45, 7) is 6.45. The molecule has 1 aromatic rings. The number of rotatable bonds is 5. The van der Waals surface area contributed by atoms with Crippen LogP contribution in [0.5, 0.6) is 0 Å². The third-order valence-corrected chi connectivity index (χ3v) is 4.26. The lowest BCUT2D eigenvalue weighted by atomic mass is 9.99. The summed E-state index contributed by atoms with van der Waals surface area (Å²) >= 11 is 0. The zero-order chi connectivity index (χ0) is 13.7. The van der Waals surface area contributed by atoms with Crippen LogP contribution in [0.4, 0.5) is 0 Å². The van der Waals surface area contributed by atoms with Gasteiger partial charge in [-0.25, -0.2) is 0 Å². The predicted octanol–water partition coefficient (Wildman–Crippen LogP) is 1.58. The lowest BCUT2D eigenvalue weighted by Crippen LogP contribution is -2.58. The molecule has 0 aliphatic carbocycles. The summed E-state index contributed by atoms with van der Waals surface area (Å²) in [5.41, 5.74) is 7.41. The smallest absolute Gasteiger partial charge is 0.0349 e. The number of benzene rings is 1. The van der Waals surface area contributed by atoms with Crippen molar-refractivity contribution in [3.8, 4) is 0 Å². The quantitative estimate of drug-likeness (QED) is 0.873. The van der Waals surface area contributed by atoms with E-state index in [2.05, 4.69) is 54.1 Å². The van der Waals surface area contributed by atoms with E-state index in [1.165, 1.54) is 12.0 Å². The number of nitrogens with zero attached hydrogens (tertiary/aromatic N) is 2. The third-order valence-electron chi connectivity index (χ3n) is 4.26. The van der Waals surface area contributed by atoms with Gasteiger partial charge in [0.2, 0.25) is 0 Å². The minimum Gasteiger partial charge on any atom is -0.329 e. The molecule has 1 fully saturated rings. The highest BCUT2D eigenvalue weighted by atomic mass is 15.3. The molecular weight excluding hydrogens is 234 g/mol. The van der Waals surface area contributed by atoms with Gasteiger partial charge in [-0.2, -0.15) is 0 Å². The standard InChI is InChI=1S/C16H27N3/c1-3-15(11-14-7-5-4-6-8-14)19-10-9-18(2)13-16(19)12-17/h4-8,15-16H,3,9-13,17H2,1-2H3. The molecule has 1 heterocycles. The Labute approximate surface area is 117 Å². The fourth-order valence-electron chi connectivity index (χ4n) is 3.10. The van der Waals surface area contributed by atoms with E-state index in [0.29, 0.717) is 12.1 Å². The minimum atomic E-state index is 0.507.